The van der Waals surface area contributed by atoms with Gasteiger partial charge in [0.05, 0.1) is 13.0 Å². The highest BCUT2D eigenvalue weighted by atomic mass is 19.1. The molecule has 0 saturated heterocycles. The van der Waals surface area contributed by atoms with Crippen LogP contribution in [0.5, 0.6) is 5.75 Å². The van der Waals surface area contributed by atoms with E-state index in [2.05, 4.69) is 0 Å². The summed E-state index contributed by atoms with van der Waals surface area (Å²) < 4.78 is 18.0. The van der Waals surface area contributed by atoms with Gasteiger partial charge < -0.3 is 9.84 Å². The highest BCUT2D eigenvalue weighted by molar-refractivity contribution is 5.66. The quantitative estimate of drug-likeness (QED) is 0.804. The normalized spacial score (nSPS) is 9.86. The Bertz CT molecular complexity index is 336. The number of carbonyl (C=O) groups is 1. The Labute approximate surface area is 81.1 Å². The van der Waals surface area contributed by atoms with Crippen molar-refractivity contribution >= 4 is 5.97 Å². The second-order valence-corrected chi connectivity index (χ2v) is 2.90. The van der Waals surface area contributed by atoms with E-state index in [0.717, 1.165) is 0 Å². The fourth-order valence-corrected chi connectivity index (χ4v) is 0.920. The largest absolute Gasteiger partial charge is 0.493 e. The Hall–Kier alpha value is -1.58. The second-order valence-electron chi connectivity index (χ2n) is 2.90. The fourth-order valence-electron chi connectivity index (χ4n) is 0.920. The van der Waals surface area contributed by atoms with Gasteiger partial charge in [-0.3, -0.25) is 4.79 Å². The van der Waals surface area contributed by atoms with Gasteiger partial charge in [0, 0.05) is 6.07 Å². The van der Waals surface area contributed by atoms with E-state index in [-0.39, 0.29) is 18.8 Å². The smallest absolute Gasteiger partial charge is 0.306 e. The van der Waals surface area contributed by atoms with Crippen molar-refractivity contribution in [2.24, 2.45) is 0 Å². The number of rotatable bonds is 4. The van der Waals surface area contributed by atoms with E-state index in [0.29, 0.717) is 11.3 Å². The van der Waals surface area contributed by atoms with Crippen molar-refractivity contribution in [2.75, 3.05) is 6.61 Å². The summed E-state index contributed by atoms with van der Waals surface area (Å²) in [6.07, 6.45) is -0.0878. The Morgan fingerprint density at radius 3 is 2.86 bits per heavy atom. The van der Waals surface area contributed by atoms with Crippen LogP contribution in [0.25, 0.3) is 0 Å². The predicted molar refractivity (Wildman–Crippen MR) is 48.9 cm³/mol. The minimum atomic E-state index is -0.933. The SMILES string of the molecule is Cc1ccc(OCCC(=O)O)cc1F. The topological polar surface area (TPSA) is 46.5 Å². The molecule has 0 aliphatic heterocycles. The van der Waals surface area contributed by atoms with Gasteiger partial charge in [-0.25, -0.2) is 4.39 Å². The van der Waals surface area contributed by atoms with Crippen LogP contribution in [0.15, 0.2) is 18.2 Å². The Morgan fingerprint density at radius 2 is 2.29 bits per heavy atom. The summed E-state index contributed by atoms with van der Waals surface area (Å²) in [4.78, 5) is 10.2. The van der Waals surface area contributed by atoms with Crippen molar-refractivity contribution in [3.05, 3.63) is 29.6 Å². The summed E-state index contributed by atoms with van der Waals surface area (Å²) in [5, 5.41) is 8.34. The maximum absolute atomic E-state index is 13.0. The van der Waals surface area contributed by atoms with Crippen molar-refractivity contribution < 1.29 is 19.0 Å². The van der Waals surface area contributed by atoms with Crippen LogP contribution in [0.3, 0.4) is 0 Å². The van der Waals surface area contributed by atoms with Crippen LogP contribution in [0, 0.1) is 12.7 Å². The van der Waals surface area contributed by atoms with E-state index in [1.807, 2.05) is 0 Å². The van der Waals surface area contributed by atoms with Crippen molar-refractivity contribution in [2.45, 2.75) is 13.3 Å². The van der Waals surface area contributed by atoms with E-state index < -0.39 is 5.97 Å². The number of ether oxygens (including phenoxy) is 1. The van der Waals surface area contributed by atoms with Gasteiger partial charge in [0.25, 0.3) is 0 Å². The van der Waals surface area contributed by atoms with Gasteiger partial charge >= 0.3 is 5.97 Å². The molecule has 0 aromatic heterocycles. The standard InChI is InChI=1S/C10H11FO3/c1-7-2-3-8(6-9(7)11)14-5-4-10(12)13/h2-3,6H,4-5H2,1H3,(H,12,13). The van der Waals surface area contributed by atoms with Crippen molar-refractivity contribution in [3.8, 4) is 5.75 Å². The number of benzene rings is 1. The van der Waals surface area contributed by atoms with Crippen LogP contribution in [0.4, 0.5) is 4.39 Å². The van der Waals surface area contributed by atoms with Crippen molar-refractivity contribution in [1.82, 2.24) is 0 Å². The molecule has 0 atom stereocenters. The number of aliphatic carboxylic acids is 1. The molecule has 1 rings (SSSR count). The molecule has 0 aliphatic rings. The second kappa shape index (κ2) is 4.60. The number of hydrogen-bond donors (Lipinski definition) is 1. The first-order valence-electron chi connectivity index (χ1n) is 4.20. The van der Waals surface area contributed by atoms with Gasteiger partial charge in [-0.1, -0.05) is 6.07 Å². The molecule has 1 aromatic carbocycles. The van der Waals surface area contributed by atoms with E-state index in [1.165, 1.54) is 6.07 Å². The summed E-state index contributed by atoms with van der Waals surface area (Å²) >= 11 is 0. The van der Waals surface area contributed by atoms with Crippen LogP contribution in [0.1, 0.15) is 12.0 Å². The molecule has 0 fully saturated rings. The van der Waals surface area contributed by atoms with Crippen LogP contribution in [-0.2, 0) is 4.79 Å². The molecule has 0 radical (unpaired) electrons. The Morgan fingerprint density at radius 1 is 1.57 bits per heavy atom. The molecule has 0 heterocycles. The van der Waals surface area contributed by atoms with Crippen LogP contribution >= 0.6 is 0 Å². The zero-order chi connectivity index (χ0) is 10.6. The average molecular weight is 198 g/mol. The number of aryl methyl sites for hydroxylation is 1. The number of carboxylic acid groups (broad SMARTS) is 1. The first-order chi connectivity index (χ1) is 6.59. The molecule has 0 bridgehead atoms. The van der Waals surface area contributed by atoms with Gasteiger partial charge in [0.2, 0.25) is 0 Å². The predicted octanol–water partition coefficient (Wildman–Crippen LogP) is 1.99. The molecule has 0 aliphatic carbocycles. The average Bonchev–Trinajstić information content (AvgIpc) is 2.10. The van der Waals surface area contributed by atoms with E-state index in [4.69, 9.17) is 9.84 Å². The minimum absolute atomic E-state index is 0.0534. The molecular formula is C10H11FO3. The molecule has 3 nitrogen and oxygen atoms in total. The number of carboxylic acids is 1. The lowest BCUT2D eigenvalue weighted by molar-refractivity contribution is -0.137. The lowest BCUT2D eigenvalue weighted by Gasteiger charge is -2.05. The molecule has 0 unspecified atom stereocenters. The van der Waals surface area contributed by atoms with Gasteiger partial charge in [-0.15, -0.1) is 0 Å². The Kier molecular flexibility index (Phi) is 3.45. The summed E-state index contributed by atoms with van der Waals surface area (Å²) in [6, 6.07) is 4.45. The number of hydrogen-bond acceptors (Lipinski definition) is 2. The lowest BCUT2D eigenvalue weighted by Crippen LogP contribution is -2.04. The van der Waals surface area contributed by atoms with Crippen LogP contribution in [0.2, 0.25) is 0 Å². The maximum atomic E-state index is 13.0. The van der Waals surface area contributed by atoms with Gasteiger partial charge in [-0.05, 0) is 18.6 Å². The summed E-state index contributed by atoms with van der Waals surface area (Å²) in [5.74, 6) is -0.926. The zero-order valence-electron chi connectivity index (χ0n) is 7.79. The molecule has 4 heteroatoms. The number of halogens is 1. The molecule has 0 amide bonds. The zero-order valence-corrected chi connectivity index (χ0v) is 7.79. The van der Waals surface area contributed by atoms with Crippen molar-refractivity contribution in [1.29, 1.82) is 0 Å². The summed E-state index contributed by atoms with van der Waals surface area (Å²) in [5.41, 5.74) is 0.538. The van der Waals surface area contributed by atoms with Crippen LogP contribution < -0.4 is 4.74 Å². The molecule has 1 aromatic rings. The highest BCUT2D eigenvalue weighted by Crippen LogP contribution is 2.15. The summed E-state index contributed by atoms with van der Waals surface area (Å²) in [6.45, 7) is 1.70. The van der Waals surface area contributed by atoms with Gasteiger partial charge in [0.15, 0.2) is 0 Å². The minimum Gasteiger partial charge on any atom is -0.493 e. The molecule has 0 spiro atoms. The third-order valence-corrected chi connectivity index (χ3v) is 1.73. The van der Waals surface area contributed by atoms with Crippen molar-refractivity contribution in [3.63, 3.8) is 0 Å². The van der Waals surface area contributed by atoms with E-state index in [1.54, 1.807) is 19.1 Å². The third-order valence-electron chi connectivity index (χ3n) is 1.73. The molecule has 1 N–H and O–H groups in total. The van der Waals surface area contributed by atoms with E-state index in [9.17, 15) is 9.18 Å². The highest BCUT2D eigenvalue weighted by Gasteiger charge is 2.01. The maximum Gasteiger partial charge on any atom is 0.306 e. The van der Waals surface area contributed by atoms with Gasteiger partial charge in [-0.2, -0.15) is 0 Å². The first-order valence-corrected chi connectivity index (χ1v) is 4.20. The van der Waals surface area contributed by atoms with E-state index >= 15 is 0 Å². The fraction of sp³-hybridized carbons (Fsp3) is 0.300. The molecule has 0 saturated carbocycles. The lowest BCUT2D eigenvalue weighted by atomic mass is 10.2. The molecular weight excluding hydrogens is 187 g/mol. The third kappa shape index (κ3) is 3.05. The monoisotopic (exact) mass is 198 g/mol. The van der Waals surface area contributed by atoms with Gasteiger partial charge in [0.1, 0.15) is 11.6 Å². The van der Waals surface area contributed by atoms with Crippen LogP contribution in [-0.4, -0.2) is 17.7 Å². The molecule has 14 heavy (non-hydrogen) atoms. The first kappa shape index (κ1) is 10.5. The Balaban J connectivity index is 2.51. The molecule has 76 valence electrons. The summed E-state index contributed by atoms with van der Waals surface area (Å²) in [7, 11) is 0.